The smallest absolute Gasteiger partial charge is 0.250 e. The first-order chi connectivity index (χ1) is 9.95. The van der Waals surface area contributed by atoms with Crippen LogP contribution in [0, 0.1) is 5.92 Å². The molecule has 120 valence electrons. The number of hydrogen-bond donors (Lipinski definition) is 3. The van der Waals surface area contributed by atoms with Crippen LogP contribution in [0.5, 0.6) is 0 Å². The second-order valence-corrected chi connectivity index (χ2v) is 7.81. The highest BCUT2D eigenvalue weighted by molar-refractivity contribution is 7.91. The average Bonchev–Trinajstić information content (AvgIpc) is 2.95. The quantitative estimate of drug-likeness (QED) is 0.380. The van der Waals surface area contributed by atoms with Crippen molar-refractivity contribution in [2.24, 2.45) is 10.9 Å². The van der Waals surface area contributed by atoms with Crippen molar-refractivity contribution in [1.82, 2.24) is 15.4 Å². The highest BCUT2D eigenvalue weighted by Crippen LogP contribution is 2.14. The Hall–Kier alpha value is -1.12. The van der Waals surface area contributed by atoms with Gasteiger partial charge in [0, 0.05) is 26.2 Å². The predicted octanol–water partition coefficient (Wildman–Crippen LogP) is 1.24. The van der Waals surface area contributed by atoms with Crippen LogP contribution in [0.3, 0.4) is 0 Å². The molecule has 0 aromatic carbocycles. The fraction of sp³-hybridized carbons (Fsp3) is 0.615. The van der Waals surface area contributed by atoms with Gasteiger partial charge in [0.1, 0.15) is 4.21 Å². The van der Waals surface area contributed by atoms with Gasteiger partial charge in [0.2, 0.25) is 10.0 Å². The van der Waals surface area contributed by atoms with Crippen molar-refractivity contribution < 1.29 is 8.42 Å². The lowest BCUT2D eigenvalue weighted by atomic mass is 10.2. The van der Waals surface area contributed by atoms with Gasteiger partial charge in [0.05, 0.1) is 0 Å². The number of rotatable bonds is 8. The molecule has 0 saturated heterocycles. The van der Waals surface area contributed by atoms with Gasteiger partial charge in [-0.05, 0) is 24.3 Å². The fourth-order valence-electron chi connectivity index (χ4n) is 1.47. The van der Waals surface area contributed by atoms with Crippen molar-refractivity contribution in [2.75, 3.05) is 26.2 Å². The lowest BCUT2D eigenvalue weighted by Gasteiger charge is -2.12. The third-order valence-corrected chi connectivity index (χ3v) is 5.29. The highest BCUT2D eigenvalue weighted by Gasteiger charge is 2.13. The van der Waals surface area contributed by atoms with E-state index in [0.29, 0.717) is 29.2 Å². The molecule has 3 N–H and O–H groups in total. The molecule has 8 heteroatoms. The van der Waals surface area contributed by atoms with E-state index < -0.39 is 10.0 Å². The molecule has 0 aliphatic heterocycles. The van der Waals surface area contributed by atoms with Gasteiger partial charge < -0.3 is 10.6 Å². The standard InChI is InChI=1S/C13H24N4O2S2/c1-4-14-13(16-10-11(2)3)15-7-8-17-21(18,19)12-6-5-9-20-12/h5-6,9,11,17H,4,7-8,10H2,1-3H3,(H2,14,15,16). The molecular weight excluding hydrogens is 308 g/mol. The van der Waals surface area contributed by atoms with E-state index >= 15 is 0 Å². The Kier molecular flexibility index (Phi) is 7.69. The van der Waals surface area contributed by atoms with Gasteiger partial charge in [-0.25, -0.2) is 13.1 Å². The van der Waals surface area contributed by atoms with Crippen LogP contribution in [0.1, 0.15) is 20.8 Å². The van der Waals surface area contributed by atoms with Crippen molar-refractivity contribution in [3.05, 3.63) is 17.5 Å². The summed E-state index contributed by atoms with van der Waals surface area (Å²) in [5.74, 6) is 1.19. The summed E-state index contributed by atoms with van der Waals surface area (Å²) in [5, 5.41) is 7.98. The molecule has 0 atom stereocenters. The molecule has 0 saturated carbocycles. The van der Waals surface area contributed by atoms with Crippen LogP contribution in [-0.4, -0.2) is 40.6 Å². The highest BCUT2D eigenvalue weighted by atomic mass is 32.2. The summed E-state index contributed by atoms with van der Waals surface area (Å²) in [4.78, 5) is 4.42. The SMILES string of the molecule is CCNC(=NCC(C)C)NCCNS(=O)(=O)c1cccs1. The van der Waals surface area contributed by atoms with Crippen LogP contribution >= 0.6 is 11.3 Å². The minimum absolute atomic E-state index is 0.312. The van der Waals surface area contributed by atoms with Gasteiger partial charge in [-0.3, -0.25) is 4.99 Å². The molecule has 0 amide bonds. The second-order valence-electron chi connectivity index (χ2n) is 4.87. The van der Waals surface area contributed by atoms with Crippen molar-refractivity contribution in [3.63, 3.8) is 0 Å². The van der Waals surface area contributed by atoms with Crippen LogP contribution < -0.4 is 15.4 Å². The molecule has 1 rings (SSSR count). The molecule has 0 spiro atoms. The Morgan fingerprint density at radius 3 is 2.67 bits per heavy atom. The maximum atomic E-state index is 11.9. The Bertz CT molecular complexity index is 524. The maximum absolute atomic E-state index is 11.9. The first-order valence-corrected chi connectivity index (χ1v) is 9.37. The first kappa shape index (κ1) is 17.9. The molecule has 6 nitrogen and oxygen atoms in total. The normalized spacial score (nSPS) is 12.7. The van der Waals surface area contributed by atoms with Gasteiger partial charge in [-0.15, -0.1) is 11.3 Å². The van der Waals surface area contributed by atoms with Gasteiger partial charge in [0.15, 0.2) is 5.96 Å². The van der Waals surface area contributed by atoms with Crippen LogP contribution in [0.25, 0.3) is 0 Å². The Morgan fingerprint density at radius 1 is 1.33 bits per heavy atom. The molecule has 0 unspecified atom stereocenters. The van der Waals surface area contributed by atoms with Crippen LogP contribution in [-0.2, 0) is 10.0 Å². The van der Waals surface area contributed by atoms with Gasteiger partial charge in [-0.1, -0.05) is 19.9 Å². The largest absolute Gasteiger partial charge is 0.357 e. The van der Waals surface area contributed by atoms with E-state index in [-0.39, 0.29) is 0 Å². The number of thiophene rings is 1. The maximum Gasteiger partial charge on any atom is 0.250 e. The van der Waals surface area contributed by atoms with E-state index in [1.165, 1.54) is 11.3 Å². The number of nitrogens with zero attached hydrogens (tertiary/aromatic N) is 1. The molecule has 0 fully saturated rings. The summed E-state index contributed by atoms with van der Waals surface area (Å²) < 4.78 is 26.7. The molecule has 0 aliphatic rings. The monoisotopic (exact) mass is 332 g/mol. The summed E-state index contributed by atoms with van der Waals surface area (Å²) in [6.45, 7) is 8.48. The van der Waals surface area contributed by atoms with E-state index in [2.05, 4.69) is 34.2 Å². The van der Waals surface area contributed by atoms with E-state index in [0.717, 1.165) is 13.1 Å². The predicted molar refractivity (Wildman–Crippen MR) is 88.3 cm³/mol. The van der Waals surface area contributed by atoms with Gasteiger partial charge in [-0.2, -0.15) is 0 Å². The lowest BCUT2D eigenvalue weighted by Crippen LogP contribution is -2.41. The zero-order valence-electron chi connectivity index (χ0n) is 12.7. The first-order valence-electron chi connectivity index (χ1n) is 7.01. The summed E-state index contributed by atoms with van der Waals surface area (Å²) in [6, 6.07) is 3.31. The van der Waals surface area contributed by atoms with Crippen LogP contribution in [0.15, 0.2) is 26.7 Å². The number of guanidine groups is 1. The van der Waals surface area contributed by atoms with Crippen molar-refractivity contribution in [2.45, 2.75) is 25.0 Å². The van der Waals surface area contributed by atoms with E-state index in [4.69, 9.17) is 0 Å². The van der Waals surface area contributed by atoms with Gasteiger partial charge >= 0.3 is 0 Å². The minimum atomic E-state index is -3.38. The molecule has 1 heterocycles. The zero-order chi connectivity index (χ0) is 15.7. The number of sulfonamides is 1. The zero-order valence-corrected chi connectivity index (χ0v) is 14.4. The van der Waals surface area contributed by atoms with Crippen molar-refractivity contribution in [1.29, 1.82) is 0 Å². The summed E-state index contributed by atoms with van der Waals surface area (Å²) in [7, 11) is -3.38. The van der Waals surface area contributed by atoms with Gasteiger partial charge in [0.25, 0.3) is 0 Å². The number of aliphatic imine (C=N–C) groups is 1. The minimum Gasteiger partial charge on any atom is -0.357 e. The molecule has 1 aromatic rings. The summed E-state index contributed by atoms with van der Waals surface area (Å²) in [6.07, 6.45) is 0. The Balaban J connectivity index is 2.39. The van der Waals surface area contributed by atoms with Crippen LogP contribution in [0.2, 0.25) is 0 Å². The van der Waals surface area contributed by atoms with Crippen molar-refractivity contribution >= 4 is 27.3 Å². The molecule has 0 aliphatic carbocycles. The third-order valence-electron chi connectivity index (χ3n) is 2.43. The van der Waals surface area contributed by atoms with E-state index in [1.54, 1.807) is 17.5 Å². The molecule has 1 aromatic heterocycles. The second kappa shape index (κ2) is 9.01. The van der Waals surface area contributed by atoms with E-state index in [1.807, 2.05) is 6.92 Å². The Labute approximate surface area is 131 Å². The summed E-state index contributed by atoms with van der Waals surface area (Å²) in [5.41, 5.74) is 0. The fourth-order valence-corrected chi connectivity index (χ4v) is 3.54. The average molecular weight is 332 g/mol. The number of hydrogen-bond acceptors (Lipinski definition) is 4. The lowest BCUT2D eigenvalue weighted by molar-refractivity contribution is 0.582. The number of nitrogens with one attached hydrogen (secondary N) is 3. The molecule has 0 bridgehead atoms. The topological polar surface area (TPSA) is 82.6 Å². The summed E-state index contributed by atoms with van der Waals surface area (Å²) >= 11 is 1.21. The van der Waals surface area contributed by atoms with Crippen molar-refractivity contribution in [3.8, 4) is 0 Å². The molecule has 0 radical (unpaired) electrons. The van der Waals surface area contributed by atoms with Crippen LogP contribution in [0.4, 0.5) is 0 Å². The Morgan fingerprint density at radius 2 is 2.10 bits per heavy atom. The third kappa shape index (κ3) is 6.92. The molecule has 21 heavy (non-hydrogen) atoms. The molecular formula is C13H24N4O2S2. The van der Waals surface area contributed by atoms with E-state index in [9.17, 15) is 8.42 Å².